The van der Waals surface area contributed by atoms with Gasteiger partial charge in [-0.3, -0.25) is 4.99 Å². The Kier molecular flexibility index (Phi) is 6.36. The van der Waals surface area contributed by atoms with E-state index in [1.807, 2.05) is 13.8 Å². The summed E-state index contributed by atoms with van der Waals surface area (Å²) in [5.74, 6) is 0.508. The van der Waals surface area contributed by atoms with Crippen molar-refractivity contribution >= 4 is 12.4 Å². The Morgan fingerprint density at radius 2 is 1.52 bits per heavy atom. The van der Waals surface area contributed by atoms with Crippen molar-refractivity contribution in [3.63, 3.8) is 0 Å². The zero-order valence-electron chi connectivity index (χ0n) is 14.2. The van der Waals surface area contributed by atoms with E-state index < -0.39 is 0 Å². The van der Waals surface area contributed by atoms with E-state index in [1.165, 1.54) is 22.3 Å². The number of aryl methyl sites for hydroxylation is 2. The second-order valence-corrected chi connectivity index (χ2v) is 5.41. The fraction of sp³-hybridized carbons (Fsp3) is 0.350. The lowest BCUT2D eigenvalue weighted by molar-refractivity contribution is 0.867. The lowest BCUT2D eigenvalue weighted by Crippen LogP contribution is -1.90. The van der Waals surface area contributed by atoms with Crippen molar-refractivity contribution in [3.05, 3.63) is 53.1 Å². The van der Waals surface area contributed by atoms with Crippen molar-refractivity contribution < 1.29 is 0 Å². The number of hydrogen-bond donors (Lipinski definition) is 0. The van der Waals surface area contributed by atoms with Crippen LogP contribution in [0.2, 0.25) is 0 Å². The Balaban J connectivity index is 0.00000106. The maximum absolute atomic E-state index is 4.20. The quantitative estimate of drug-likeness (QED) is 0.573. The summed E-state index contributed by atoms with van der Waals surface area (Å²) in [4.78, 5) is 4.20. The SMILES string of the molecule is C=Nc1cc(C(C)C)ccc1-c1ccc(C)cc1C.CC. The van der Waals surface area contributed by atoms with Gasteiger partial charge in [0, 0.05) is 5.56 Å². The molecule has 2 aromatic rings. The predicted octanol–water partition coefficient (Wildman–Crippen LogP) is 6.45. The van der Waals surface area contributed by atoms with Crippen LogP contribution in [0.1, 0.15) is 50.3 Å². The summed E-state index contributed by atoms with van der Waals surface area (Å²) in [5, 5.41) is 0. The molecule has 0 radical (unpaired) electrons. The normalized spacial score (nSPS) is 10.0. The second-order valence-electron chi connectivity index (χ2n) is 5.41. The molecule has 0 spiro atoms. The molecule has 0 N–H and O–H groups in total. The van der Waals surface area contributed by atoms with E-state index in [2.05, 4.69) is 75.8 Å². The lowest BCUT2D eigenvalue weighted by Gasteiger charge is -2.13. The van der Waals surface area contributed by atoms with Crippen LogP contribution in [0, 0.1) is 13.8 Å². The van der Waals surface area contributed by atoms with Crippen LogP contribution in [0.5, 0.6) is 0 Å². The summed E-state index contributed by atoms with van der Waals surface area (Å²) < 4.78 is 0. The van der Waals surface area contributed by atoms with E-state index in [4.69, 9.17) is 0 Å². The van der Waals surface area contributed by atoms with Crippen molar-refractivity contribution in [2.24, 2.45) is 4.99 Å². The van der Waals surface area contributed by atoms with Crippen LogP contribution in [-0.4, -0.2) is 6.72 Å². The van der Waals surface area contributed by atoms with Gasteiger partial charge in [-0.15, -0.1) is 0 Å². The van der Waals surface area contributed by atoms with Gasteiger partial charge in [-0.1, -0.05) is 63.6 Å². The van der Waals surface area contributed by atoms with Gasteiger partial charge in [0.15, 0.2) is 0 Å². The molecule has 0 fully saturated rings. The molecule has 21 heavy (non-hydrogen) atoms. The first kappa shape index (κ1) is 17.2. The van der Waals surface area contributed by atoms with Crippen molar-refractivity contribution in [1.82, 2.24) is 0 Å². The van der Waals surface area contributed by atoms with E-state index in [0.717, 1.165) is 11.3 Å². The van der Waals surface area contributed by atoms with Crippen LogP contribution in [-0.2, 0) is 0 Å². The molecule has 2 rings (SSSR count). The van der Waals surface area contributed by atoms with Gasteiger partial charge in [-0.05, 0) is 49.2 Å². The van der Waals surface area contributed by atoms with E-state index >= 15 is 0 Å². The molecule has 0 amide bonds. The largest absolute Gasteiger partial charge is 0.264 e. The topological polar surface area (TPSA) is 12.4 Å². The zero-order chi connectivity index (χ0) is 16.0. The molecule has 0 aliphatic carbocycles. The van der Waals surface area contributed by atoms with Crippen molar-refractivity contribution in [2.75, 3.05) is 0 Å². The highest BCUT2D eigenvalue weighted by molar-refractivity contribution is 5.79. The summed E-state index contributed by atoms with van der Waals surface area (Å²) in [6, 6.07) is 13.0. The highest BCUT2D eigenvalue weighted by atomic mass is 14.7. The zero-order valence-corrected chi connectivity index (χ0v) is 14.2. The minimum atomic E-state index is 0.508. The molecule has 0 saturated carbocycles. The number of nitrogens with zero attached hydrogens (tertiary/aromatic N) is 1. The Morgan fingerprint density at radius 1 is 0.905 bits per heavy atom. The molecule has 0 aromatic heterocycles. The third-order valence-corrected chi connectivity index (χ3v) is 3.53. The number of hydrogen-bond acceptors (Lipinski definition) is 1. The van der Waals surface area contributed by atoms with Crippen LogP contribution >= 0.6 is 0 Å². The second kappa shape index (κ2) is 7.78. The first-order chi connectivity index (χ1) is 10.0. The summed E-state index contributed by atoms with van der Waals surface area (Å²) in [5.41, 5.74) is 7.24. The van der Waals surface area contributed by atoms with Crippen LogP contribution in [0.3, 0.4) is 0 Å². The first-order valence-corrected chi connectivity index (χ1v) is 7.71. The minimum absolute atomic E-state index is 0.508. The fourth-order valence-electron chi connectivity index (χ4n) is 2.38. The molecular formula is C20H27N. The van der Waals surface area contributed by atoms with Gasteiger partial charge in [0.2, 0.25) is 0 Å². The maximum atomic E-state index is 4.20. The minimum Gasteiger partial charge on any atom is -0.264 e. The van der Waals surface area contributed by atoms with Gasteiger partial charge >= 0.3 is 0 Å². The molecular weight excluding hydrogens is 254 g/mol. The molecule has 0 heterocycles. The first-order valence-electron chi connectivity index (χ1n) is 7.71. The average Bonchev–Trinajstić information content (AvgIpc) is 2.49. The van der Waals surface area contributed by atoms with Gasteiger partial charge in [0.05, 0.1) is 5.69 Å². The van der Waals surface area contributed by atoms with Crippen LogP contribution in [0.15, 0.2) is 41.4 Å². The Morgan fingerprint density at radius 3 is 2.05 bits per heavy atom. The Bertz CT molecular complexity index is 609. The van der Waals surface area contributed by atoms with Crippen LogP contribution < -0.4 is 0 Å². The monoisotopic (exact) mass is 281 g/mol. The molecule has 1 nitrogen and oxygen atoms in total. The molecule has 0 aliphatic heterocycles. The molecule has 0 aliphatic rings. The van der Waals surface area contributed by atoms with E-state index in [9.17, 15) is 0 Å². The van der Waals surface area contributed by atoms with Crippen LogP contribution in [0.25, 0.3) is 11.1 Å². The summed E-state index contributed by atoms with van der Waals surface area (Å²) >= 11 is 0. The molecule has 0 bridgehead atoms. The summed E-state index contributed by atoms with van der Waals surface area (Å²) in [7, 11) is 0. The van der Waals surface area contributed by atoms with Crippen molar-refractivity contribution in [1.29, 1.82) is 0 Å². The van der Waals surface area contributed by atoms with E-state index in [-0.39, 0.29) is 0 Å². The van der Waals surface area contributed by atoms with Gasteiger partial charge in [0.25, 0.3) is 0 Å². The number of rotatable bonds is 3. The highest BCUT2D eigenvalue weighted by Crippen LogP contribution is 2.34. The van der Waals surface area contributed by atoms with E-state index in [1.54, 1.807) is 0 Å². The number of benzene rings is 2. The smallest absolute Gasteiger partial charge is 0.0703 e. The summed E-state index contributed by atoms with van der Waals surface area (Å²) in [6.07, 6.45) is 0. The fourth-order valence-corrected chi connectivity index (χ4v) is 2.38. The molecule has 2 aromatic carbocycles. The average molecular weight is 281 g/mol. The van der Waals surface area contributed by atoms with Gasteiger partial charge in [-0.2, -0.15) is 0 Å². The standard InChI is InChI=1S/C18H21N.C2H6/c1-12(2)15-7-9-17(18(11-15)19-5)16-8-6-13(3)10-14(16)4;1-2/h6-12H,5H2,1-4H3;1-2H3. The molecule has 0 saturated heterocycles. The van der Waals surface area contributed by atoms with Crippen molar-refractivity contribution in [2.45, 2.75) is 47.5 Å². The Hall–Kier alpha value is -1.89. The molecule has 0 atom stereocenters. The maximum Gasteiger partial charge on any atom is 0.0703 e. The summed E-state index contributed by atoms with van der Waals surface area (Å²) in [6.45, 7) is 16.4. The highest BCUT2D eigenvalue weighted by Gasteiger charge is 2.09. The van der Waals surface area contributed by atoms with E-state index in [0.29, 0.717) is 5.92 Å². The van der Waals surface area contributed by atoms with Gasteiger partial charge < -0.3 is 0 Å². The third-order valence-electron chi connectivity index (χ3n) is 3.53. The van der Waals surface area contributed by atoms with Crippen LogP contribution in [0.4, 0.5) is 5.69 Å². The molecule has 0 unspecified atom stereocenters. The third kappa shape index (κ3) is 4.04. The molecule has 112 valence electrons. The van der Waals surface area contributed by atoms with Crippen molar-refractivity contribution in [3.8, 4) is 11.1 Å². The predicted molar refractivity (Wildman–Crippen MR) is 96.0 cm³/mol. The number of aliphatic imine (C=N–C) groups is 1. The molecule has 1 heteroatoms. The van der Waals surface area contributed by atoms with Gasteiger partial charge in [0.1, 0.15) is 0 Å². The lowest BCUT2D eigenvalue weighted by atomic mass is 9.94. The van der Waals surface area contributed by atoms with Gasteiger partial charge in [-0.25, -0.2) is 0 Å². The Labute approximate surface area is 129 Å².